The molecule has 2 fully saturated rings. The average Bonchev–Trinajstić information content (AvgIpc) is 2.19. The molecule has 3 heteroatoms. The molecule has 0 aliphatic carbocycles. The zero-order valence-electron chi connectivity index (χ0n) is 8.97. The molecule has 2 aliphatic rings. The van der Waals surface area contributed by atoms with E-state index in [2.05, 4.69) is 4.90 Å². The minimum atomic E-state index is -0.915. The molecule has 2 saturated heterocycles. The van der Waals surface area contributed by atoms with Crippen LogP contribution in [0.1, 0.15) is 32.6 Å². The van der Waals surface area contributed by atoms with E-state index in [1.807, 2.05) is 0 Å². The fourth-order valence-corrected chi connectivity index (χ4v) is 2.41. The van der Waals surface area contributed by atoms with E-state index < -0.39 is 5.67 Å². The van der Waals surface area contributed by atoms with Gasteiger partial charge in [0.15, 0.2) is 0 Å². The maximum atomic E-state index is 13.6. The van der Waals surface area contributed by atoms with Crippen molar-refractivity contribution in [1.29, 1.82) is 0 Å². The van der Waals surface area contributed by atoms with E-state index in [0.717, 1.165) is 39.1 Å². The number of hydrogen-bond donors (Lipinski definition) is 0. The van der Waals surface area contributed by atoms with E-state index in [-0.39, 0.29) is 0 Å². The van der Waals surface area contributed by atoms with E-state index in [4.69, 9.17) is 4.74 Å². The molecule has 0 aromatic carbocycles. The number of halogens is 1. The van der Waals surface area contributed by atoms with Gasteiger partial charge in [-0.05, 0) is 32.6 Å². The van der Waals surface area contributed by atoms with Crippen molar-refractivity contribution < 1.29 is 9.13 Å². The second-order valence-corrected chi connectivity index (χ2v) is 4.79. The number of rotatable bonds is 1. The lowest BCUT2D eigenvalue weighted by molar-refractivity contribution is -0.000171. The van der Waals surface area contributed by atoms with Crippen LogP contribution in [0.15, 0.2) is 0 Å². The molecule has 0 aromatic rings. The molecule has 2 rings (SSSR count). The summed E-state index contributed by atoms with van der Waals surface area (Å²) in [4.78, 5) is 2.45. The quantitative estimate of drug-likeness (QED) is 0.643. The number of alkyl halides is 1. The Morgan fingerprint density at radius 3 is 2.36 bits per heavy atom. The first kappa shape index (κ1) is 10.4. The fraction of sp³-hybridized carbons (Fsp3) is 1.00. The van der Waals surface area contributed by atoms with Crippen LogP contribution in [0.3, 0.4) is 0 Å². The highest BCUT2D eigenvalue weighted by Gasteiger charge is 2.32. The minimum Gasteiger partial charge on any atom is -0.381 e. The first-order valence-electron chi connectivity index (χ1n) is 5.68. The SMILES string of the molecule is CC1(F)CCN(C2CCOCC2)CC1. The predicted octanol–water partition coefficient (Wildman–Crippen LogP) is 1.99. The summed E-state index contributed by atoms with van der Waals surface area (Å²) in [6, 6.07) is 0.653. The molecule has 0 saturated carbocycles. The Kier molecular flexibility index (Phi) is 3.07. The van der Waals surface area contributed by atoms with Gasteiger partial charge in [-0.2, -0.15) is 0 Å². The number of piperidine rings is 1. The molecule has 2 heterocycles. The highest BCUT2D eigenvalue weighted by Crippen LogP contribution is 2.28. The van der Waals surface area contributed by atoms with Gasteiger partial charge < -0.3 is 4.74 Å². The third-order valence-corrected chi connectivity index (χ3v) is 3.55. The molecule has 0 radical (unpaired) electrons. The third kappa shape index (κ3) is 2.45. The second-order valence-electron chi connectivity index (χ2n) is 4.79. The van der Waals surface area contributed by atoms with Crippen LogP contribution in [0.5, 0.6) is 0 Å². The van der Waals surface area contributed by atoms with Crippen molar-refractivity contribution in [2.75, 3.05) is 26.3 Å². The number of nitrogens with zero attached hydrogens (tertiary/aromatic N) is 1. The van der Waals surface area contributed by atoms with E-state index in [1.54, 1.807) is 6.92 Å². The lowest BCUT2D eigenvalue weighted by Crippen LogP contribution is -2.47. The van der Waals surface area contributed by atoms with Gasteiger partial charge in [0.2, 0.25) is 0 Å². The van der Waals surface area contributed by atoms with Gasteiger partial charge in [-0.3, -0.25) is 4.90 Å². The molecule has 0 spiro atoms. The molecular weight excluding hydrogens is 181 g/mol. The largest absolute Gasteiger partial charge is 0.381 e. The Bertz CT molecular complexity index is 180. The van der Waals surface area contributed by atoms with Crippen molar-refractivity contribution in [3.63, 3.8) is 0 Å². The molecule has 0 atom stereocenters. The van der Waals surface area contributed by atoms with Gasteiger partial charge in [-0.25, -0.2) is 4.39 Å². The first-order chi connectivity index (χ1) is 6.67. The zero-order valence-corrected chi connectivity index (χ0v) is 8.97. The summed E-state index contributed by atoms with van der Waals surface area (Å²) in [5.74, 6) is 0. The van der Waals surface area contributed by atoms with Crippen LogP contribution < -0.4 is 0 Å². The average molecular weight is 201 g/mol. The summed E-state index contributed by atoms with van der Waals surface area (Å²) in [6.45, 7) is 5.35. The lowest BCUT2D eigenvalue weighted by Gasteiger charge is -2.40. The lowest BCUT2D eigenvalue weighted by atomic mass is 9.93. The first-order valence-corrected chi connectivity index (χ1v) is 5.68. The number of ether oxygens (including phenoxy) is 1. The Balaban J connectivity index is 1.82. The van der Waals surface area contributed by atoms with Crippen molar-refractivity contribution in [3.05, 3.63) is 0 Å². The van der Waals surface area contributed by atoms with Crippen molar-refractivity contribution in [3.8, 4) is 0 Å². The molecule has 0 N–H and O–H groups in total. The van der Waals surface area contributed by atoms with E-state index in [1.165, 1.54) is 0 Å². The number of likely N-dealkylation sites (tertiary alicyclic amines) is 1. The summed E-state index contributed by atoms with van der Waals surface area (Å²) >= 11 is 0. The number of hydrogen-bond acceptors (Lipinski definition) is 2. The maximum absolute atomic E-state index is 13.6. The van der Waals surface area contributed by atoms with Gasteiger partial charge in [-0.15, -0.1) is 0 Å². The minimum absolute atomic E-state index is 0.653. The van der Waals surface area contributed by atoms with Crippen LogP contribution in [0.2, 0.25) is 0 Å². The molecule has 2 nitrogen and oxygen atoms in total. The van der Waals surface area contributed by atoms with Gasteiger partial charge in [0, 0.05) is 32.3 Å². The van der Waals surface area contributed by atoms with Gasteiger partial charge in [0.25, 0.3) is 0 Å². The van der Waals surface area contributed by atoms with Crippen LogP contribution in [-0.2, 0) is 4.74 Å². The highest BCUT2D eigenvalue weighted by atomic mass is 19.1. The van der Waals surface area contributed by atoms with Crippen LogP contribution >= 0.6 is 0 Å². The predicted molar refractivity (Wildman–Crippen MR) is 54.2 cm³/mol. The molecule has 0 aromatic heterocycles. The Morgan fingerprint density at radius 2 is 1.79 bits per heavy atom. The van der Waals surface area contributed by atoms with Crippen molar-refractivity contribution >= 4 is 0 Å². The summed E-state index contributed by atoms with van der Waals surface area (Å²) < 4.78 is 18.9. The van der Waals surface area contributed by atoms with Crippen LogP contribution in [-0.4, -0.2) is 42.9 Å². The Labute approximate surface area is 85.4 Å². The molecule has 0 bridgehead atoms. The van der Waals surface area contributed by atoms with Crippen molar-refractivity contribution in [2.24, 2.45) is 0 Å². The van der Waals surface area contributed by atoms with Crippen LogP contribution in [0.25, 0.3) is 0 Å². The summed E-state index contributed by atoms with van der Waals surface area (Å²) in [7, 11) is 0. The van der Waals surface area contributed by atoms with Crippen molar-refractivity contribution in [2.45, 2.75) is 44.3 Å². The van der Waals surface area contributed by atoms with Gasteiger partial charge >= 0.3 is 0 Å². The summed E-state index contributed by atoms with van der Waals surface area (Å²) in [5, 5.41) is 0. The van der Waals surface area contributed by atoms with Gasteiger partial charge in [0.1, 0.15) is 5.67 Å². The molecule has 82 valence electrons. The molecule has 2 aliphatic heterocycles. The molecule has 0 unspecified atom stereocenters. The van der Waals surface area contributed by atoms with Gasteiger partial charge in [-0.1, -0.05) is 0 Å². The maximum Gasteiger partial charge on any atom is 0.110 e. The van der Waals surface area contributed by atoms with Gasteiger partial charge in [0.05, 0.1) is 0 Å². The van der Waals surface area contributed by atoms with E-state index >= 15 is 0 Å². The monoisotopic (exact) mass is 201 g/mol. The Hall–Kier alpha value is -0.150. The summed E-state index contributed by atoms with van der Waals surface area (Å²) in [6.07, 6.45) is 3.65. The second kappa shape index (κ2) is 4.15. The van der Waals surface area contributed by atoms with Crippen LogP contribution in [0, 0.1) is 0 Å². The smallest absolute Gasteiger partial charge is 0.110 e. The molecule has 14 heavy (non-hydrogen) atoms. The normalized spacial score (nSPS) is 30.4. The molecular formula is C11H20FNO. The molecule has 0 amide bonds. The van der Waals surface area contributed by atoms with Crippen LogP contribution in [0.4, 0.5) is 4.39 Å². The van der Waals surface area contributed by atoms with Crippen molar-refractivity contribution in [1.82, 2.24) is 4.90 Å². The zero-order chi connectivity index (χ0) is 10.0. The van der Waals surface area contributed by atoms with E-state index in [0.29, 0.717) is 18.9 Å². The Morgan fingerprint density at radius 1 is 1.21 bits per heavy atom. The summed E-state index contributed by atoms with van der Waals surface area (Å²) in [5.41, 5.74) is -0.915. The third-order valence-electron chi connectivity index (χ3n) is 3.55. The highest BCUT2D eigenvalue weighted by molar-refractivity contribution is 4.86. The fourth-order valence-electron chi connectivity index (χ4n) is 2.41. The standard InChI is InChI=1S/C11H20FNO/c1-11(12)4-6-13(7-5-11)10-2-8-14-9-3-10/h10H,2-9H2,1H3. The van der Waals surface area contributed by atoms with E-state index in [9.17, 15) is 4.39 Å². The topological polar surface area (TPSA) is 12.5 Å².